The molecule has 1 aromatic carbocycles. The number of hydrogen-bond donors (Lipinski definition) is 2. The zero-order valence-electron chi connectivity index (χ0n) is 15.0. The topological polar surface area (TPSA) is 70.7 Å². The van der Waals surface area contributed by atoms with Gasteiger partial charge in [0, 0.05) is 24.6 Å². The molecule has 1 aromatic rings. The molecule has 134 valence electrons. The maximum absolute atomic E-state index is 12.8. The Bertz CT molecular complexity index is 736. The Morgan fingerprint density at radius 3 is 2.80 bits per heavy atom. The van der Waals surface area contributed by atoms with Crippen LogP contribution in [0.5, 0.6) is 0 Å². The number of carbonyl (C=O) groups is 2. The molecule has 3 saturated carbocycles. The molecule has 2 amide bonds. The number of anilines is 1. The van der Waals surface area contributed by atoms with E-state index in [2.05, 4.69) is 17.6 Å². The molecule has 2 bridgehead atoms. The van der Waals surface area contributed by atoms with Crippen molar-refractivity contribution >= 4 is 17.5 Å². The number of hydrogen-bond acceptors (Lipinski definition) is 4. The van der Waals surface area contributed by atoms with Crippen LogP contribution in [0.3, 0.4) is 0 Å². The Hall–Kier alpha value is -2.08. The fourth-order valence-corrected chi connectivity index (χ4v) is 5.14. The smallest absolute Gasteiger partial charge is 0.255 e. The molecule has 1 heterocycles. The van der Waals surface area contributed by atoms with Gasteiger partial charge in [-0.3, -0.25) is 14.4 Å². The van der Waals surface area contributed by atoms with Crippen molar-refractivity contribution in [3.8, 4) is 0 Å². The second-order valence-corrected chi connectivity index (χ2v) is 7.97. The minimum atomic E-state index is -0.457. The summed E-state index contributed by atoms with van der Waals surface area (Å²) in [6.07, 6.45) is 3.51. The summed E-state index contributed by atoms with van der Waals surface area (Å²) in [7, 11) is 3.18. The summed E-state index contributed by atoms with van der Waals surface area (Å²) in [6.45, 7) is 2.17. The molecular formula is C19H25N3O3. The first-order chi connectivity index (χ1) is 11.9. The molecule has 0 aromatic heterocycles. The zero-order chi connectivity index (χ0) is 17.8. The molecular weight excluding hydrogens is 318 g/mol. The van der Waals surface area contributed by atoms with Crippen molar-refractivity contribution in [3.05, 3.63) is 29.8 Å². The van der Waals surface area contributed by atoms with E-state index in [-0.39, 0.29) is 29.1 Å². The molecule has 0 saturated heterocycles. The first kappa shape index (κ1) is 16.4. The minimum absolute atomic E-state index is 0.0256. The highest BCUT2D eigenvalue weighted by atomic mass is 16.7. The largest absolute Gasteiger partial charge is 0.362 e. The molecule has 25 heavy (non-hydrogen) atoms. The molecule has 3 aliphatic carbocycles. The van der Waals surface area contributed by atoms with Crippen LogP contribution >= 0.6 is 0 Å². The van der Waals surface area contributed by atoms with Crippen LogP contribution in [0, 0.1) is 17.3 Å². The molecule has 6 nitrogen and oxygen atoms in total. The van der Waals surface area contributed by atoms with Crippen LogP contribution in [0.15, 0.2) is 24.3 Å². The van der Waals surface area contributed by atoms with Crippen LogP contribution in [0.2, 0.25) is 0 Å². The SMILES string of the molecule is CON(C)C(=O)[C@H]1C[C@@H]2CC[C@@]1(C)C[C@]21NC(=O)c2ccccc2N1. The molecule has 5 rings (SSSR count). The second-order valence-electron chi connectivity index (χ2n) is 7.97. The number of carbonyl (C=O) groups excluding carboxylic acids is 2. The predicted octanol–water partition coefficient (Wildman–Crippen LogP) is 2.38. The van der Waals surface area contributed by atoms with Crippen molar-refractivity contribution in [2.75, 3.05) is 19.5 Å². The van der Waals surface area contributed by atoms with Crippen LogP contribution in [0.25, 0.3) is 0 Å². The van der Waals surface area contributed by atoms with Crippen molar-refractivity contribution in [1.29, 1.82) is 0 Å². The highest BCUT2D eigenvalue weighted by Gasteiger charge is 2.60. The number of rotatable bonds is 2. The van der Waals surface area contributed by atoms with Crippen molar-refractivity contribution in [3.63, 3.8) is 0 Å². The third-order valence-corrected chi connectivity index (χ3v) is 6.55. The van der Waals surface area contributed by atoms with Gasteiger partial charge in [0.15, 0.2) is 0 Å². The summed E-state index contributed by atoms with van der Waals surface area (Å²) >= 11 is 0. The number of fused-ring (bicyclic) bond motifs is 3. The third-order valence-electron chi connectivity index (χ3n) is 6.55. The number of benzene rings is 1. The Balaban J connectivity index is 1.66. The number of nitrogens with one attached hydrogen (secondary N) is 2. The van der Waals surface area contributed by atoms with E-state index in [1.165, 1.54) is 12.2 Å². The van der Waals surface area contributed by atoms with E-state index in [0.29, 0.717) is 5.56 Å². The molecule has 6 heteroatoms. The summed E-state index contributed by atoms with van der Waals surface area (Å²) in [5.74, 6) is 0.165. The van der Waals surface area contributed by atoms with Gasteiger partial charge in [-0.25, -0.2) is 5.06 Å². The number of nitrogens with zero attached hydrogens (tertiary/aromatic N) is 1. The van der Waals surface area contributed by atoms with Gasteiger partial charge in [0.25, 0.3) is 5.91 Å². The summed E-state index contributed by atoms with van der Waals surface area (Å²) in [5.41, 5.74) is 0.956. The van der Waals surface area contributed by atoms with Crippen LogP contribution in [-0.4, -0.2) is 36.7 Å². The van der Waals surface area contributed by atoms with Crippen molar-refractivity contribution < 1.29 is 14.4 Å². The first-order valence-corrected chi connectivity index (χ1v) is 8.90. The van der Waals surface area contributed by atoms with Gasteiger partial charge in [-0.2, -0.15) is 0 Å². The van der Waals surface area contributed by atoms with E-state index < -0.39 is 5.66 Å². The van der Waals surface area contributed by atoms with E-state index in [4.69, 9.17) is 4.84 Å². The normalized spacial score (nSPS) is 35.7. The Labute approximate surface area is 147 Å². The van der Waals surface area contributed by atoms with Crippen LogP contribution in [0.4, 0.5) is 5.69 Å². The minimum Gasteiger partial charge on any atom is -0.362 e. The Morgan fingerprint density at radius 2 is 2.08 bits per heavy atom. The molecule has 0 radical (unpaired) electrons. The lowest BCUT2D eigenvalue weighted by Crippen LogP contribution is -2.70. The highest BCUT2D eigenvalue weighted by Crippen LogP contribution is 2.58. The van der Waals surface area contributed by atoms with Crippen LogP contribution in [-0.2, 0) is 9.63 Å². The lowest BCUT2D eigenvalue weighted by atomic mass is 9.51. The number of para-hydroxylation sites is 1. The first-order valence-electron chi connectivity index (χ1n) is 8.90. The molecule has 1 aliphatic heterocycles. The average Bonchev–Trinajstić information content (AvgIpc) is 2.60. The second kappa shape index (κ2) is 5.46. The summed E-state index contributed by atoms with van der Waals surface area (Å²) in [5, 5.41) is 8.19. The van der Waals surface area contributed by atoms with E-state index in [9.17, 15) is 9.59 Å². The van der Waals surface area contributed by atoms with E-state index in [1.54, 1.807) is 7.05 Å². The lowest BCUT2D eigenvalue weighted by Gasteiger charge is -2.61. The monoisotopic (exact) mass is 343 g/mol. The standard InChI is InChI=1S/C19H25N3O3/c1-18-9-8-12(10-14(18)17(24)22(2)25-3)19(11-18)20-15-7-5-4-6-13(15)16(23)21-19/h4-7,12,14,20H,8-11H2,1-3H3,(H,21,23)/t12-,14+,18-,19-/m0/s1. The number of hydroxylamine groups is 2. The lowest BCUT2D eigenvalue weighted by molar-refractivity contribution is -0.186. The van der Waals surface area contributed by atoms with Gasteiger partial charge in [-0.15, -0.1) is 0 Å². The van der Waals surface area contributed by atoms with Gasteiger partial charge in [0.1, 0.15) is 5.66 Å². The maximum atomic E-state index is 12.8. The Kier molecular flexibility index (Phi) is 3.58. The van der Waals surface area contributed by atoms with Gasteiger partial charge < -0.3 is 10.6 Å². The quantitative estimate of drug-likeness (QED) is 0.809. The third kappa shape index (κ3) is 2.34. The fraction of sp³-hybridized carbons (Fsp3) is 0.579. The fourth-order valence-electron chi connectivity index (χ4n) is 5.14. The molecule has 4 atom stereocenters. The Morgan fingerprint density at radius 1 is 1.32 bits per heavy atom. The predicted molar refractivity (Wildman–Crippen MR) is 93.6 cm³/mol. The van der Waals surface area contributed by atoms with Gasteiger partial charge in [0.2, 0.25) is 5.91 Å². The van der Waals surface area contributed by atoms with Gasteiger partial charge in [-0.1, -0.05) is 19.1 Å². The van der Waals surface area contributed by atoms with Gasteiger partial charge in [0.05, 0.1) is 12.7 Å². The highest BCUT2D eigenvalue weighted by molar-refractivity contribution is 6.02. The van der Waals surface area contributed by atoms with Crippen molar-refractivity contribution in [1.82, 2.24) is 10.4 Å². The summed E-state index contributed by atoms with van der Waals surface area (Å²) in [6, 6.07) is 7.62. The van der Waals surface area contributed by atoms with Crippen LogP contribution < -0.4 is 10.6 Å². The molecule has 3 fully saturated rings. The average molecular weight is 343 g/mol. The zero-order valence-corrected chi connectivity index (χ0v) is 15.0. The molecule has 2 N–H and O–H groups in total. The van der Waals surface area contributed by atoms with Crippen molar-refractivity contribution in [2.24, 2.45) is 17.3 Å². The maximum Gasteiger partial charge on any atom is 0.255 e. The molecule has 4 aliphatic rings. The van der Waals surface area contributed by atoms with Crippen molar-refractivity contribution in [2.45, 2.75) is 38.3 Å². The van der Waals surface area contributed by atoms with E-state index in [0.717, 1.165) is 31.4 Å². The molecule has 1 spiro atoms. The van der Waals surface area contributed by atoms with Gasteiger partial charge in [-0.05, 0) is 43.2 Å². The summed E-state index contributed by atoms with van der Waals surface area (Å²) in [4.78, 5) is 30.5. The van der Waals surface area contributed by atoms with E-state index in [1.807, 2.05) is 24.3 Å². The molecule has 0 unspecified atom stereocenters. The van der Waals surface area contributed by atoms with E-state index >= 15 is 0 Å². The number of amides is 2. The van der Waals surface area contributed by atoms with Gasteiger partial charge >= 0.3 is 0 Å². The van der Waals surface area contributed by atoms with Crippen LogP contribution in [0.1, 0.15) is 43.0 Å². The summed E-state index contributed by atoms with van der Waals surface area (Å²) < 4.78 is 0.